The van der Waals surface area contributed by atoms with Gasteiger partial charge in [-0.25, -0.2) is 4.39 Å². The van der Waals surface area contributed by atoms with E-state index in [1.807, 2.05) is 0 Å². The summed E-state index contributed by atoms with van der Waals surface area (Å²) in [6.45, 7) is 0.722. The number of hydrogen-bond acceptors (Lipinski definition) is 3. The van der Waals surface area contributed by atoms with Gasteiger partial charge in [0.15, 0.2) is 5.82 Å². The molecular formula is C14H19FN2O2. The molecule has 1 fully saturated rings. The molecule has 4 nitrogen and oxygen atoms in total. The monoisotopic (exact) mass is 266 g/mol. The van der Waals surface area contributed by atoms with Gasteiger partial charge in [-0.15, -0.1) is 0 Å². The van der Waals surface area contributed by atoms with Crippen LogP contribution < -0.4 is 5.32 Å². The molecule has 1 aromatic carbocycles. The lowest BCUT2D eigenvalue weighted by Crippen LogP contribution is -2.12. The van der Waals surface area contributed by atoms with Gasteiger partial charge in [0.1, 0.15) is 0 Å². The smallest absolute Gasteiger partial charge is 0.272 e. The number of rotatable bonds is 5. The molecule has 0 atom stereocenters. The van der Waals surface area contributed by atoms with E-state index in [0.717, 1.165) is 24.9 Å². The van der Waals surface area contributed by atoms with Crippen LogP contribution in [0.25, 0.3) is 0 Å². The lowest BCUT2D eigenvalue weighted by molar-refractivity contribution is -0.385. The first kappa shape index (κ1) is 13.8. The van der Waals surface area contributed by atoms with Crippen molar-refractivity contribution in [2.45, 2.75) is 38.5 Å². The molecule has 0 bridgehead atoms. The van der Waals surface area contributed by atoms with Crippen molar-refractivity contribution < 1.29 is 9.31 Å². The number of non-ortho nitro benzene ring substituents is 1. The van der Waals surface area contributed by atoms with E-state index in [0.29, 0.717) is 5.69 Å². The zero-order valence-corrected chi connectivity index (χ0v) is 10.9. The molecule has 1 aliphatic rings. The Balaban J connectivity index is 1.83. The first-order valence-corrected chi connectivity index (χ1v) is 6.84. The van der Waals surface area contributed by atoms with Gasteiger partial charge in [-0.2, -0.15) is 0 Å². The Morgan fingerprint density at radius 1 is 1.32 bits per heavy atom. The summed E-state index contributed by atoms with van der Waals surface area (Å²) in [4.78, 5) is 9.92. The average molecular weight is 266 g/mol. The second kappa shape index (κ2) is 6.50. The molecule has 0 heterocycles. The molecule has 0 aliphatic heterocycles. The van der Waals surface area contributed by atoms with E-state index in [1.54, 1.807) is 0 Å². The highest BCUT2D eigenvalue weighted by Gasteiger charge is 2.14. The minimum absolute atomic E-state index is 0.213. The van der Waals surface area contributed by atoms with Crippen LogP contribution in [0.15, 0.2) is 18.2 Å². The molecular weight excluding hydrogens is 247 g/mol. The topological polar surface area (TPSA) is 55.2 Å². The molecule has 5 heteroatoms. The van der Waals surface area contributed by atoms with E-state index in [4.69, 9.17) is 0 Å². The molecule has 1 saturated carbocycles. The summed E-state index contributed by atoms with van der Waals surface area (Å²) in [7, 11) is 0. The maximum atomic E-state index is 13.6. The van der Waals surface area contributed by atoms with Crippen LogP contribution in [0.2, 0.25) is 0 Å². The van der Waals surface area contributed by atoms with Crippen molar-refractivity contribution in [2.75, 3.05) is 11.9 Å². The first-order valence-electron chi connectivity index (χ1n) is 6.84. The highest BCUT2D eigenvalue weighted by molar-refractivity contribution is 5.50. The van der Waals surface area contributed by atoms with Crippen LogP contribution in [0.1, 0.15) is 38.5 Å². The minimum atomic E-state index is -0.588. The van der Waals surface area contributed by atoms with Gasteiger partial charge in [-0.1, -0.05) is 32.1 Å². The highest BCUT2D eigenvalue weighted by atomic mass is 19.1. The van der Waals surface area contributed by atoms with Crippen molar-refractivity contribution in [3.63, 3.8) is 0 Å². The molecule has 1 N–H and O–H groups in total. The van der Waals surface area contributed by atoms with Crippen molar-refractivity contribution in [3.8, 4) is 0 Å². The summed E-state index contributed by atoms with van der Waals surface area (Å²) in [5.74, 6) is 0.181. The zero-order valence-electron chi connectivity index (χ0n) is 10.9. The Kier molecular flexibility index (Phi) is 4.71. The molecule has 0 spiro atoms. The second-order valence-corrected chi connectivity index (χ2v) is 5.14. The number of nitro groups is 1. The Bertz CT molecular complexity index is 445. The zero-order chi connectivity index (χ0) is 13.7. The van der Waals surface area contributed by atoms with Gasteiger partial charge in [0.2, 0.25) is 0 Å². The molecule has 0 amide bonds. The molecule has 0 aromatic heterocycles. The fourth-order valence-electron chi connectivity index (χ4n) is 2.65. The summed E-state index contributed by atoms with van der Waals surface area (Å²) in [5, 5.41) is 13.5. The predicted molar refractivity (Wildman–Crippen MR) is 72.7 cm³/mol. The largest absolute Gasteiger partial charge is 0.383 e. The number of benzene rings is 1. The maximum absolute atomic E-state index is 13.6. The van der Waals surface area contributed by atoms with Crippen molar-refractivity contribution >= 4 is 11.4 Å². The number of nitrogens with one attached hydrogen (secondary N) is 1. The molecule has 19 heavy (non-hydrogen) atoms. The van der Waals surface area contributed by atoms with E-state index < -0.39 is 10.7 Å². The number of hydrogen-bond donors (Lipinski definition) is 1. The van der Waals surface area contributed by atoms with Gasteiger partial charge in [-0.05, 0) is 18.4 Å². The molecule has 1 aliphatic carbocycles. The number of halogens is 1. The Hall–Kier alpha value is -1.65. The normalized spacial score (nSPS) is 16.3. The fourth-order valence-corrected chi connectivity index (χ4v) is 2.65. The van der Waals surface area contributed by atoms with Gasteiger partial charge in [0.05, 0.1) is 16.7 Å². The van der Waals surface area contributed by atoms with Crippen LogP contribution in [0, 0.1) is 21.8 Å². The minimum Gasteiger partial charge on any atom is -0.383 e. The third-order valence-corrected chi connectivity index (χ3v) is 3.76. The fraction of sp³-hybridized carbons (Fsp3) is 0.571. The lowest BCUT2D eigenvalue weighted by atomic mass is 9.87. The van der Waals surface area contributed by atoms with Gasteiger partial charge < -0.3 is 5.32 Å². The average Bonchev–Trinajstić information content (AvgIpc) is 2.41. The van der Waals surface area contributed by atoms with Crippen molar-refractivity contribution in [1.29, 1.82) is 0 Å². The van der Waals surface area contributed by atoms with E-state index in [9.17, 15) is 14.5 Å². The number of nitrogens with zero attached hydrogens (tertiary/aromatic N) is 1. The van der Waals surface area contributed by atoms with Crippen LogP contribution in [0.4, 0.5) is 15.8 Å². The molecule has 2 rings (SSSR count). The second-order valence-electron chi connectivity index (χ2n) is 5.14. The molecule has 104 valence electrons. The first-order chi connectivity index (χ1) is 9.16. The van der Waals surface area contributed by atoms with Crippen LogP contribution in [-0.4, -0.2) is 11.5 Å². The van der Waals surface area contributed by atoms with E-state index in [2.05, 4.69) is 5.32 Å². The summed E-state index contributed by atoms with van der Waals surface area (Å²) < 4.78 is 13.6. The van der Waals surface area contributed by atoms with Crippen molar-refractivity contribution in [1.82, 2.24) is 0 Å². The van der Waals surface area contributed by atoms with E-state index >= 15 is 0 Å². The molecule has 1 aromatic rings. The Morgan fingerprint density at radius 3 is 2.68 bits per heavy atom. The Labute approximate surface area is 112 Å². The number of anilines is 1. The summed E-state index contributed by atoms with van der Waals surface area (Å²) in [6, 6.07) is 3.73. The van der Waals surface area contributed by atoms with Crippen LogP contribution >= 0.6 is 0 Å². The lowest BCUT2D eigenvalue weighted by Gasteiger charge is -2.21. The van der Waals surface area contributed by atoms with Crippen LogP contribution in [0.5, 0.6) is 0 Å². The van der Waals surface area contributed by atoms with E-state index in [-0.39, 0.29) is 5.69 Å². The molecule has 0 saturated heterocycles. The van der Waals surface area contributed by atoms with Crippen molar-refractivity contribution in [2.24, 2.45) is 5.92 Å². The van der Waals surface area contributed by atoms with E-state index in [1.165, 1.54) is 44.2 Å². The maximum Gasteiger partial charge on any atom is 0.272 e. The van der Waals surface area contributed by atoms with Gasteiger partial charge in [0.25, 0.3) is 5.69 Å². The third kappa shape index (κ3) is 3.91. The predicted octanol–water partition coefficient (Wildman–Crippen LogP) is 4.12. The van der Waals surface area contributed by atoms with Gasteiger partial charge >= 0.3 is 0 Å². The van der Waals surface area contributed by atoms with Crippen LogP contribution in [-0.2, 0) is 0 Å². The Morgan fingerprint density at radius 2 is 2.05 bits per heavy atom. The SMILES string of the molecule is O=[N+]([O-])c1ccc(NCCC2CCCCC2)c(F)c1. The highest BCUT2D eigenvalue weighted by Crippen LogP contribution is 2.26. The number of nitro benzene ring substituents is 1. The summed E-state index contributed by atoms with van der Waals surface area (Å²) in [5.41, 5.74) is 0.136. The standard InChI is InChI=1S/C14H19FN2O2/c15-13-10-12(17(18)19)6-7-14(13)16-9-8-11-4-2-1-3-5-11/h6-7,10-11,16H,1-5,8-9H2. The summed E-state index contributed by atoms with van der Waals surface area (Å²) in [6.07, 6.45) is 7.51. The van der Waals surface area contributed by atoms with Crippen LogP contribution in [0.3, 0.4) is 0 Å². The van der Waals surface area contributed by atoms with Crippen molar-refractivity contribution in [3.05, 3.63) is 34.1 Å². The summed E-state index contributed by atoms with van der Waals surface area (Å²) >= 11 is 0. The third-order valence-electron chi connectivity index (χ3n) is 3.76. The quantitative estimate of drug-likeness (QED) is 0.644. The van der Waals surface area contributed by atoms with Gasteiger partial charge in [0, 0.05) is 12.6 Å². The molecule has 0 unspecified atom stereocenters. The van der Waals surface area contributed by atoms with Gasteiger partial charge in [-0.3, -0.25) is 10.1 Å². The molecule has 0 radical (unpaired) electrons.